The number of esters is 1. The minimum absolute atomic E-state index is 0.170. The molecule has 0 aromatic heterocycles. The lowest BCUT2D eigenvalue weighted by Gasteiger charge is -2.27. The number of hydrogen-bond donors (Lipinski definition) is 1. The van der Waals surface area contributed by atoms with Crippen molar-refractivity contribution in [3.63, 3.8) is 0 Å². The standard InChI is InChI=1S/C16H23NO2/c1-11(2)14(16(18)19-3)17-15(13-9-10-13)12-7-5-4-6-8-12/h4-8,11,13-15,17H,9-10H2,1-3H3. The molecule has 0 aliphatic heterocycles. The van der Waals surface area contributed by atoms with Gasteiger partial charge in [0, 0.05) is 6.04 Å². The van der Waals surface area contributed by atoms with Gasteiger partial charge < -0.3 is 4.74 Å². The molecule has 19 heavy (non-hydrogen) atoms. The van der Waals surface area contributed by atoms with E-state index < -0.39 is 0 Å². The molecule has 1 aliphatic rings. The second-order valence-electron chi connectivity index (χ2n) is 5.64. The predicted octanol–water partition coefficient (Wildman–Crippen LogP) is 2.92. The molecular formula is C16H23NO2. The Morgan fingerprint density at radius 2 is 1.89 bits per heavy atom. The van der Waals surface area contributed by atoms with Crippen molar-refractivity contribution < 1.29 is 9.53 Å². The van der Waals surface area contributed by atoms with Crippen molar-refractivity contribution >= 4 is 5.97 Å². The van der Waals surface area contributed by atoms with Gasteiger partial charge in [0.05, 0.1) is 7.11 Å². The van der Waals surface area contributed by atoms with E-state index in [9.17, 15) is 4.79 Å². The minimum Gasteiger partial charge on any atom is -0.468 e. The zero-order chi connectivity index (χ0) is 13.8. The third-order valence-corrected chi connectivity index (χ3v) is 3.73. The van der Waals surface area contributed by atoms with Gasteiger partial charge in [-0.3, -0.25) is 10.1 Å². The van der Waals surface area contributed by atoms with Crippen LogP contribution in [0.15, 0.2) is 30.3 Å². The van der Waals surface area contributed by atoms with E-state index in [1.165, 1.54) is 25.5 Å². The fourth-order valence-corrected chi connectivity index (χ4v) is 2.45. The van der Waals surface area contributed by atoms with Gasteiger partial charge in [-0.25, -0.2) is 0 Å². The Morgan fingerprint density at radius 3 is 2.37 bits per heavy atom. The lowest BCUT2D eigenvalue weighted by molar-refractivity contribution is -0.144. The van der Waals surface area contributed by atoms with Gasteiger partial charge in [0.1, 0.15) is 6.04 Å². The van der Waals surface area contributed by atoms with Crippen molar-refractivity contribution in [3.05, 3.63) is 35.9 Å². The summed E-state index contributed by atoms with van der Waals surface area (Å²) in [5, 5.41) is 3.51. The second kappa shape index (κ2) is 6.20. The normalized spacial score (nSPS) is 18.1. The lowest BCUT2D eigenvalue weighted by Crippen LogP contribution is -2.44. The van der Waals surface area contributed by atoms with Gasteiger partial charge in [0.15, 0.2) is 0 Å². The Balaban J connectivity index is 2.14. The fraction of sp³-hybridized carbons (Fsp3) is 0.562. The number of hydrogen-bond acceptors (Lipinski definition) is 3. The van der Waals surface area contributed by atoms with E-state index >= 15 is 0 Å². The number of nitrogens with one attached hydrogen (secondary N) is 1. The molecule has 0 bridgehead atoms. The molecule has 0 spiro atoms. The van der Waals surface area contributed by atoms with Crippen molar-refractivity contribution in [3.8, 4) is 0 Å². The molecule has 0 amide bonds. The first kappa shape index (κ1) is 14.1. The number of ether oxygens (including phenoxy) is 1. The smallest absolute Gasteiger partial charge is 0.323 e. The molecule has 2 rings (SSSR count). The number of rotatable bonds is 6. The highest BCUT2D eigenvalue weighted by atomic mass is 16.5. The molecule has 2 atom stereocenters. The number of benzene rings is 1. The molecule has 1 fully saturated rings. The van der Waals surface area contributed by atoms with Gasteiger partial charge in [-0.1, -0.05) is 44.2 Å². The Hall–Kier alpha value is -1.35. The molecule has 1 N–H and O–H groups in total. The van der Waals surface area contributed by atoms with E-state index in [2.05, 4.69) is 29.6 Å². The van der Waals surface area contributed by atoms with Crippen LogP contribution in [0.5, 0.6) is 0 Å². The van der Waals surface area contributed by atoms with Crippen LogP contribution in [0.3, 0.4) is 0 Å². The topological polar surface area (TPSA) is 38.3 Å². The van der Waals surface area contributed by atoms with Crippen LogP contribution in [-0.4, -0.2) is 19.1 Å². The molecule has 0 radical (unpaired) electrons. The van der Waals surface area contributed by atoms with Gasteiger partial charge in [-0.2, -0.15) is 0 Å². The van der Waals surface area contributed by atoms with Gasteiger partial charge in [-0.15, -0.1) is 0 Å². The zero-order valence-electron chi connectivity index (χ0n) is 11.9. The van der Waals surface area contributed by atoms with E-state index in [0.29, 0.717) is 5.92 Å². The number of methoxy groups -OCH3 is 1. The maximum absolute atomic E-state index is 11.9. The molecule has 1 saturated carbocycles. The summed E-state index contributed by atoms with van der Waals surface area (Å²) in [5.74, 6) is 0.697. The quantitative estimate of drug-likeness (QED) is 0.800. The highest BCUT2D eigenvalue weighted by Crippen LogP contribution is 2.41. The molecule has 2 unspecified atom stereocenters. The number of carbonyl (C=O) groups is 1. The number of carbonyl (C=O) groups excluding carboxylic acids is 1. The van der Waals surface area contributed by atoms with Gasteiger partial charge in [-0.05, 0) is 30.2 Å². The molecule has 1 aromatic rings. The summed E-state index contributed by atoms with van der Waals surface area (Å²) in [6.45, 7) is 4.09. The molecule has 3 nitrogen and oxygen atoms in total. The molecule has 104 valence electrons. The Bertz CT molecular complexity index is 412. The van der Waals surface area contributed by atoms with Crippen LogP contribution in [0.1, 0.15) is 38.3 Å². The summed E-state index contributed by atoms with van der Waals surface area (Å²) in [5.41, 5.74) is 1.26. The van der Waals surface area contributed by atoms with E-state index in [4.69, 9.17) is 4.74 Å². The first-order valence-corrected chi connectivity index (χ1v) is 7.02. The van der Waals surface area contributed by atoms with Crippen molar-refractivity contribution in [2.24, 2.45) is 11.8 Å². The van der Waals surface area contributed by atoms with Crippen molar-refractivity contribution in [1.29, 1.82) is 0 Å². The predicted molar refractivity (Wildman–Crippen MR) is 75.7 cm³/mol. The highest BCUT2D eigenvalue weighted by Gasteiger charge is 2.36. The summed E-state index contributed by atoms with van der Waals surface area (Å²) in [6.07, 6.45) is 2.47. The monoisotopic (exact) mass is 261 g/mol. The van der Waals surface area contributed by atoms with E-state index in [1.807, 2.05) is 19.9 Å². The van der Waals surface area contributed by atoms with Gasteiger partial charge >= 0.3 is 5.97 Å². The zero-order valence-corrected chi connectivity index (χ0v) is 11.9. The molecular weight excluding hydrogens is 238 g/mol. The van der Waals surface area contributed by atoms with Crippen LogP contribution in [0.4, 0.5) is 0 Å². The maximum Gasteiger partial charge on any atom is 0.323 e. The van der Waals surface area contributed by atoms with Crippen LogP contribution in [0.25, 0.3) is 0 Å². The highest BCUT2D eigenvalue weighted by molar-refractivity contribution is 5.76. The molecule has 1 aromatic carbocycles. The van der Waals surface area contributed by atoms with Crippen LogP contribution in [-0.2, 0) is 9.53 Å². The second-order valence-corrected chi connectivity index (χ2v) is 5.64. The van der Waals surface area contributed by atoms with Crippen LogP contribution < -0.4 is 5.32 Å². The average molecular weight is 261 g/mol. The van der Waals surface area contributed by atoms with Crippen LogP contribution >= 0.6 is 0 Å². The van der Waals surface area contributed by atoms with Crippen molar-refractivity contribution in [2.75, 3.05) is 7.11 Å². The Labute approximate surface area is 115 Å². The molecule has 1 aliphatic carbocycles. The molecule has 0 heterocycles. The molecule has 0 saturated heterocycles. The Morgan fingerprint density at radius 1 is 1.26 bits per heavy atom. The summed E-state index contributed by atoms with van der Waals surface area (Å²) in [4.78, 5) is 11.9. The molecule has 3 heteroatoms. The first-order chi connectivity index (χ1) is 9.13. The Kier molecular flexibility index (Phi) is 4.59. The summed E-state index contributed by atoms with van der Waals surface area (Å²) >= 11 is 0. The van der Waals surface area contributed by atoms with Crippen LogP contribution in [0, 0.1) is 11.8 Å². The van der Waals surface area contributed by atoms with Crippen molar-refractivity contribution in [1.82, 2.24) is 5.32 Å². The summed E-state index contributed by atoms with van der Waals surface area (Å²) in [6, 6.07) is 10.4. The van der Waals surface area contributed by atoms with E-state index in [1.54, 1.807) is 0 Å². The fourth-order valence-electron chi connectivity index (χ4n) is 2.45. The third kappa shape index (κ3) is 3.57. The maximum atomic E-state index is 11.9. The first-order valence-electron chi connectivity index (χ1n) is 7.02. The van der Waals surface area contributed by atoms with E-state index in [-0.39, 0.29) is 24.0 Å². The van der Waals surface area contributed by atoms with Crippen LogP contribution in [0.2, 0.25) is 0 Å². The summed E-state index contributed by atoms with van der Waals surface area (Å²) < 4.78 is 4.91. The largest absolute Gasteiger partial charge is 0.468 e. The minimum atomic E-state index is -0.240. The van der Waals surface area contributed by atoms with E-state index in [0.717, 1.165) is 0 Å². The SMILES string of the molecule is COC(=O)C(NC(c1ccccc1)C1CC1)C(C)C. The van der Waals surface area contributed by atoms with Gasteiger partial charge in [0.25, 0.3) is 0 Å². The van der Waals surface area contributed by atoms with Crippen molar-refractivity contribution in [2.45, 2.75) is 38.8 Å². The van der Waals surface area contributed by atoms with Gasteiger partial charge in [0.2, 0.25) is 0 Å². The lowest BCUT2D eigenvalue weighted by atomic mass is 9.97. The average Bonchev–Trinajstić information content (AvgIpc) is 3.24. The third-order valence-electron chi connectivity index (χ3n) is 3.73. The summed E-state index contributed by atoms with van der Waals surface area (Å²) in [7, 11) is 1.45.